The number of alkyl carbamates (subject to hydrolysis) is 1. The van der Waals surface area contributed by atoms with Gasteiger partial charge in [0.15, 0.2) is 0 Å². The highest BCUT2D eigenvalue weighted by Gasteiger charge is 2.27. The molecule has 0 aliphatic carbocycles. The van der Waals surface area contributed by atoms with Gasteiger partial charge in [0.2, 0.25) is 11.8 Å². The molecule has 32 heavy (non-hydrogen) atoms. The van der Waals surface area contributed by atoms with Crippen molar-refractivity contribution in [3.8, 4) is 0 Å². The lowest BCUT2D eigenvalue weighted by Gasteiger charge is -2.24. The van der Waals surface area contributed by atoms with Crippen molar-refractivity contribution in [3.05, 3.63) is 35.9 Å². The van der Waals surface area contributed by atoms with Gasteiger partial charge < -0.3 is 25.8 Å². The van der Waals surface area contributed by atoms with E-state index in [2.05, 4.69) is 10.6 Å². The molecule has 0 saturated heterocycles. The second-order valence-electron chi connectivity index (χ2n) is 8.13. The number of nitrogens with one attached hydrogen (secondary N) is 2. The van der Waals surface area contributed by atoms with Crippen LogP contribution in [0.1, 0.15) is 45.6 Å². The van der Waals surface area contributed by atoms with Crippen LogP contribution in [0.2, 0.25) is 0 Å². The van der Waals surface area contributed by atoms with E-state index in [1.807, 2.05) is 36.6 Å². The Bertz CT molecular complexity index is 767. The van der Waals surface area contributed by atoms with Crippen molar-refractivity contribution >= 4 is 35.6 Å². The Balaban J connectivity index is 2.63. The van der Waals surface area contributed by atoms with Crippen LogP contribution in [0.3, 0.4) is 0 Å². The summed E-state index contributed by atoms with van der Waals surface area (Å²) in [5.41, 5.74) is 5.52. The molecule has 0 spiro atoms. The molecular weight excluding hydrogens is 434 g/mol. The molecule has 0 radical (unpaired) electrons. The van der Waals surface area contributed by atoms with Crippen LogP contribution in [0.25, 0.3) is 0 Å². The number of hydrogen-bond donors (Lipinski definition) is 3. The number of benzene rings is 1. The molecule has 0 heterocycles. The van der Waals surface area contributed by atoms with Crippen LogP contribution in [0, 0.1) is 0 Å². The minimum absolute atomic E-state index is 0.0175. The van der Waals surface area contributed by atoms with Gasteiger partial charge in [-0.15, -0.1) is 0 Å². The van der Waals surface area contributed by atoms with Gasteiger partial charge in [0, 0.05) is 6.42 Å². The van der Waals surface area contributed by atoms with Crippen molar-refractivity contribution in [2.75, 3.05) is 12.0 Å². The van der Waals surface area contributed by atoms with Gasteiger partial charge in [-0.2, -0.15) is 11.8 Å². The largest absolute Gasteiger partial charge is 0.461 e. The first-order chi connectivity index (χ1) is 15.0. The number of carbonyl (C=O) groups excluding carboxylic acids is 4. The van der Waals surface area contributed by atoms with Crippen LogP contribution in [0.4, 0.5) is 4.79 Å². The summed E-state index contributed by atoms with van der Waals surface area (Å²) in [6.45, 7) is 5.25. The van der Waals surface area contributed by atoms with E-state index in [0.29, 0.717) is 12.2 Å². The van der Waals surface area contributed by atoms with E-state index in [4.69, 9.17) is 15.2 Å². The molecule has 1 aromatic carbocycles. The fourth-order valence-electron chi connectivity index (χ4n) is 2.58. The number of hydrogen-bond acceptors (Lipinski definition) is 7. The van der Waals surface area contributed by atoms with Crippen molar-refractivity contribution in [2.45, 2.75) is 64.3 Å². The van der Waals surface area contributed by atoms with Crippen LogP contribution in [0.15, 0.2) is 30.3 Å². The van der Waals surface area contributed by atoms with Gasteiger partial charge in [-0.3, -0.25) is 14.4 Å². The fourth-order valence-corrected chi connectivity index (χ4v) is 3.06. The summed E-state index contributed by atoms with van der Waals surface area (Å²) in [6, 6.07) is 7.18. The lowest BCUT2D eigenvalue weighted by molar-refractivity contribution is -0.145. The summed E-state index contributed by atoms with van der Waals surface area (Å²) in [5, 5.41) is 5.05. The average molecular weight is 468 g/mol. The van der Waals surface area contributed by atoms with E-state index in [1.54, 1.807) is 20.8 Å². The Kier molecular flexibility index (Phi) is 11.6. The first-order valence-corrected chi connectivity index (χ1v) is 11.7. The minimum atomic E-state index is -1.08. The van der Waals surface area contributed by atoms with E-state index < -0.39 is 41.6 Å². The van der Waals surface area contributed by atoms with Crippen molar-refractivity contribution in [1.29, 1.82) is 0 Å². The third-order valence-electron chi connectivity index (χ3n) is 4.16. The average Bonchev–Trinajstić information content (AvgIpc) is 2.71. The smallest absolute Gasteiger partial charge is 0.408 e. The molecule has 0 bridgehead atoms. The van der Waals surface area contributed by atoms with Crippen LogP contribution < -0.4 is 16.4 Å². The maximum Gasteiger partial charge on any atom is 0.408 e. The molecule has 1 aromatic rings. The van der Waals surface area contributed by atoms with Gasteiger partial charge in [-0.1, -0.05) is 30.3 Å². The van der Waals surface area contributed by atoms with Gasteiger partial charge in [-0.05, 0) is 51.2 Å². The molecule has 0 aliphatic heterocycles. The van der Waals surface area contributed by atoms with Gasteiger partial charge >= 0.3 is 12.1 Å². The molecule has 178 valence electrons. The normalized spacial score (nSPS) is 12.9. The monoisotopic (exact) mass is 467 g/mol. The predicted octanol–water partition coefficient (Wildman–Crippen LogP) is 2.13. The zero-order valence-corrected chi connectivity index (χ0v) is 19.8. The SMILES string of the molecule is CSCC[C@H](NC(=O)OC(C)(C)C)C(=O)N[C@H](CCC(=O)OCc1ccccc1)C(N)=O. The van der Waals surface area contributed by atoms with Crippen molar-refractivity contribution in [3.63, 3.8) is 0 Å². The number of primary amides is 1. The number of rotatable bonds is 12. The number of thioether (sulfide) groups is 1. The summed E-state index contributed by atoms with van der Waals surface area (Å²) in [5.74, 6) is -1.28. The first kappa shape index (κ1) is 27.3. The van der Waals surface area contributed by atoms with Crippen LogP contribution in [-0.4, -0.2) is 53.6 Å². The minimum Gasteiger partial charge on any atom is -0.461 e. The van der Waals surface area contributed by atoms with Gasteiger partial charge in [0.1, 0.15) is 24.3 Å². The quantitative estimate of drug-likeness (QED) is 0.401. The molecule has 3 amide bonds. The van der Waals surface area contributed by atoms with Gasteiger partial charge in [-0.25, -0.2) is 4.79 Å². The van der Waals surface area contributed by atoms with Crippen molar-refractivity contribution in [1.82, 2.24) is 10.6 Å². The van der Waals surface area contributed by atoms with E-state index in [9.17, 15) is 19.2 Å². The van der Waals surface area contributed by atoms with E-state index >= 15 is 0 Å². The zero-order chi connectivity index (χ0) is 24.1. The van der Waals surface area contributed by atoms with Gasteiger partial charge in [0.05, 0.1) is 0 Å². The molecule has 4 N–H and O–H groups in total. The molecule has 1 rings (SSSR count). The van der Waals surface area contributed by atoms with Crippen molar-refractivity contribution < 1.29 is 28.7 Å². The third kappa shape index (κ3) is 11.6. The lowest BCUT2D eigenvalue weighted by Crippen LogP contribution is -2.53. The summed E-state index contributed by atoms with van der Waals surface area (Å²) < 4.78 is 10.4. The molecule has 0 aliphatic rings. The summed E-state index contributed by atoms with van der Waals surface area (Å²) in [7, 11) is 0. The zero-order valence-electron chi connectivity index (χ0n) is 19.0. The summed E-state index contributed by atoms with van der Waals surface area (Å²) in [6.07, 6.45) is 1.34. The second kappa shape index (κ2) is 13.6. The summed E-state index contributed by atoms with van der Waals surface area (Å²) >= 11 is 1.51. The third-order valence-corrected chi connectivity index (χ3v) is 4.80. The number of amides is 3. The summed E-state index contributed by atoms with van der Waals surface area (Å²) in [4.78, 5) is 48.6. The van der Waals surface area contributed by atoms with Crippen LogP contribution in [-0.2, 0) is 30.5 Å². The molecule has 0 aromatic heterocycles. The molecule has 9 nitrogen and oxygen atoms in total. The number of carbonyl (C=O) groups is 4. The standard InChI is InChI=1S/C22H33N3O6S/c1-22(2,3)31-21(29)25-17(12-13-32-4)20(28)24-16(19(23)27)10-11-18(26)30-14-15-8-6-5-7-9-15/h5-9,16-17H,10-14H2,1-4H3,(H2,23,27)(H,24,28)(H,25,29)/t16-,17+/m1/s1. The Morgan fingerprint density at radius 2 is 1.69 bits per heavy atom. The number of esters is 1. The molecule has 2 atom stereocenters. The molecule has 0 saturated carbocycles. The van der Waals surface area contributed by atoms with Crippen LogP contribution in [0.5, 0.6) is 0 Å². The highest BCUT2D eigenvalue weighted by Crippen LogP contribution is 2.09. The van der Waals surface area contributed by atoms with E-state index in [-0.39, 0.29) is 19.4 Å². The second-order valence-corrected chi connectivity index (χ2v) is 9.11. The predicted molar refractivity (Wildman–Crippen MR) is 123 cm³/mol. The highest BCUT2D eigenvalue weighted by molar-refractivity contribution is 7.98. The first-order valence-electron chi connectivity index (χ1n) is 10.3. The Morgan fingerprint density at radius 3 is 2.25 bits per heavy atom. The topological polar surface area (TPSA) is 137 Å². The lowest BCUT2D eigenvalue weighted by atomic mass is 10.1. The highest BCUT2D eigenvalue weighted by atomic mass is 32.2. The number of ether oxygens (including phenoxy) is 2. The Labute approximate surface area is 193 Å². The molecule has 10 heteroatoms. The maximum atomic E-state index is 12.7. The fraction of sp³-hybridized carbons (Fsp3) is 0.545. The van der Waals surface area contributed by atoms with Gasteiger partial charge in [0.25, 0.3) is 0 Å². The number of nitrogens with two attached hydrogens (primary N) is 1. The molecule has 0 unspecified atom stereocenters. The Hall–Kier alpha value is -2.75. The van der Waals surface area contributed by atoms with Crippen LogP contribution >= 0.6 is 11.8 Å². The maximum absolute atomic E-state index is 12.7. The van der Waals surface area contributed by atoms with E-state index in [0.717, 1.165) is 5.56 Å². The molecule has 0 fully saturated rings. The van der Waals surface area contributed by atoms with Crippen molar-refractivity contribution in [2.24, 2.45) is 5.73 Å². The Morgan fingerprint density at radius 1 is 1.03 bits per heavy atom. The molecular formula is C22H33N3O6S. The van der Waals surface area contributed by atoms with E-state index in [1.165, 1.54) is 11.8 Å².